The van der Waals surface area contributed by atoms with Crippen LogP contribution in [-0.4, -0.2) is 4.89 Å². The summed E-state index contributed by atoms with van der Waals surface area (Å²) in [6.45, 7) is 0. The van der Waals surface area contributed by atoms with Crippen LogP contribution in [0.15, 0.2) is 78.9 Å². The topological polar surface area (TPSA) is 60.4 Å². The Bertz CT molecular complexity index is 865. The van der Waals surface area contributed by atoms with Gasteiger partial charge in [0.1, 0.15) is 0 Å². The number of benzene rings is 3. The van der Waals surface area contributed by atoms with Crippen molar-refractivity contribution in [3.05, 3.63) is 84.4 Å². The van der Waals surface area contributed by atoms with E-state index < -0.39 is 7.37 Å². The van der Waals surface area contributed by atoms with Crippen LogP contribution < -0.4 is 40.0 Å². The Morgan fingerprint density at radius 2 is 1.33 bits per heavy atom. The first-order valence-corrected chi connectivity index (χ1v) is 9.14. The standard InChI is InChI=1S/C19H17O3P.Na/c20-18-12-6-4-10-16(18)17-11-5-7-13-19(17)23(21,22)14-15-8-2-1-3-9-15;/h1-13,20H,14H2,(H,21,22);/q;+1/p-1. The molecule has 0 bridgehead atoms. The van der Waals surface area contributed by atoms with Crippen molar-refractivity contribution in [2.24, 2.45) is 0 Å². The molecule has 0 aromatic heterocycles. The molecule has 5 heteroatoms. The molecule has 0 aliphatic carbocycles. The van der Waals surface area contributed by atoms with Gasteiger partial charge in [-0.3, -0.25) is 4.57 Å². The maximum absolute atomic E-state index is 12.9. The van der Waals surface area contributed by atoms with E-state index >= 15 is 0 Å². The van der Waals surface area contributed by atoms with Crippen LogP contribution in [0, 0.1) is 0 Å². The quantitative estimate of drug-likeness (QED) is 0.554. The molecule has 0 amide bonds. The molecule has 0 spiro atoms. The van der Waals surface area contributed by atoms with Gasteiger partial charge in [-0.2, -0.15) is 0 Å². The first kappa shape index (κ1) is 19.0. The second kappa shape index (κ2) is 8.15. The second-order valence-electron chi connectivity index (χ2n) is 5.36. The van der Waals surface area contributed by atoms with Gasteiger partial charge < -0.3 is 10.00 Å². The molecule has 0 fully saturated rings. The number of rotatable bonds is 4. The predicted octanol–water partition coefficient (Wildman–Crippen LogP) is 0.527. The van der Waals surface area contributed by atoms with Gasteiger partial charge in [-0.1, -0.05) is 72.8 Å². The van der Waals surface area contributed by atoms with E-state index in [9.17, 15) is 14.6 Å². The van der Waals surface area contributed by atoms with Crippen LogP contribution in [-0.2, 0) is 10.7 Å². The molecule has 0 saturated heterocycles. The predicted molar refractivity (Wildman–Crippen MR) is 90.9 cm³/mol. The van der Waals surface area contributed by atoms with E-state index in [0.717, 1.165) is 5.56 Å². The van der Waals surface area contributed by atoms with E-state index in [1.807, 2.05) is 30.3 Å². The zero-order valence-corrected chi connectivity index (χ0v) is 16.3. The third kappa shape index (κ3) is 4.18. The first-order valence-electron chi connectivity index (χ1n) is 7.30. The Morgan fingerprint density at radius 1 is 0.792 bits per heavy atom. The van der Waals surface area contributed by atoms with E-state index in [-0.39, 0.29) is 41.5 Å². The van der Waals surface area contributed by atoms with Gasteiger partial charge in [-0.05, 0) is 22.8 Å². The molecule has 3 nitrogen and oxygen atoms in total. The summed E-state index contributed by atoms with van der Waals surface area (Å²) in [5, 5.41) is 12.4. The summed E-state index contributed by atoms with van der Waals surface area (Å²) in [5.41, 5.74) is 1.77. The second-order valence-corrected chi connectivity index (χ2v) is 7.56. The van der Waals surface area contributed by atoms with Gasteiger partial charge in [0.05, 0.1) is 6.16 Å². The molecule has 0 radical (unpaired) electrons. The smallest absolute Gasteiger partial charge is 0.872 e. The Kier molecular flexibility index (Phi) is 6.45. The third-order valence-electron chi connectivity index (χ3n) is 3.70. The summed E-state index contributed by atoms with van der Waals surface area (Å²) in [6.07, 6.45) is 0.0475. The van der Waals surface area contributed by atoms with E-state index in [0.29, 0.717) is 16.4 Å². The van der Waals surface area contributed by atoms with Crippen LogP contribution in [0.3, 0.4) is 0 Å². The minimum absolute atomic E-state index is 0. The molecule has 3 aromatic carbocycles. The molecule has 1 N–H and O–H groups in total. The molecule has 24 heavy (non-hydrogen) atoms. The normalized spacial score (nSPS) is 12.9. The minimum atomic E-state index is -3.63. The van der Waals surface area contributed by atoms with Crippen LogP contribution in [0.25, 0.3) is 11.1 Å². The Balaban J connectivity index is 0.00000208. The third-order valence-corrected chi connectivity index (χ3v) is 5.63. The van der Waals surface area contributed by atoms with Crippen molar-refractivity contribution < 1.29 is 44.1 Å². The summed E-state index contributed by atoms with van der Waals surface area (Å²) in [7, 11) is -3.63. The van der Waals surface area contributed by atoms with E-state index in [1.165, 1.54) is 6.07 Å². The van der Waals surface area contributed by atoms with Crippen molar-refractivity contribution in [1.29, 1.82) is 0 Å². The average Bonchev–Trinajstić information content (AvgIpc) is 2.56. The monoisotopic (exact) mass is 346 g/mol. The van der Waals surface area contributed by atoms with Gasteiger partial charge in [0.15, 0.2) is 0 Å². The van der Waals surface area contributed by atoms with Crippen molar-refractivity contribution in [3.8, 4) is 16.9 Å². The zero-order valence-electron chi connectivity index (χ0n) is 13.4. The molecule has 0 aliphatic rings. The van der Waals surface area contributed by atoms with Crippen molar-refractivity contribution >= 4 is 12.7 Å². The maximum Gasteiger partial charge on any atom is 1.00 e. The average molecular weight is 346 g/mol. The Hall–Kier alpha value is -1.35. The first-order chi connectivity index (χ1) is 11.1. The van der Waals surface area contributed by atoms with E-state index in [4.69, 9.17) is 0 Å². The van der Waals surface area contributed by atoms with Gasteiger partial charge in [0.25, 0.3) is 0 Å². The molecule has 0 saturated carbocycles. The Morgan fingerprint density at radius 3 is 2.00 bits per heavy atom. The summed E-state index contributed by atoms with van der Waals surface area (Å²) < 4.78 is 12.9. The molecule has 3 aromatic rings. The molecule has 1 unspecified atom stereocenters. The van der Waals surface area contributed by atoms with Crippen molar-refractivity contribution in [2.45, 2.75) is 6.16 Å². The van der Waals surface area contributed by atoms with E-state index in [1.54, 1.807) is 42.5 Å². The van der Waals surface area contributed by atoms with Crippen LogP contribution in [0.4, 0.5) is 0 Å². The molecule has 1 atom stereocenters. The number of hydrogen-bond acceptors (Lipinski definition) is 2. The SMILES string of the molecule is O=P(O)(Cc1ccccc1)c1ccccc1-c1ccccc1[O-].[Na+]. The fraction of sp³-hybridized carbons (Fsp3) is 0.0526. The van der Waals surface area contributed by atoms with Crippen molar-refractivity contribution in [1.82, 2.24) is 0 Å². The van der Waals surface area contributed by atoms with Crippen LogP contribution in [0.5, 0.6) is 5.75 Å². The summed E-state index contributed by atoms with van der Waals surface area (Å²) in [4.78, 5) is 10.6. The van der Waals surface area contributed by atoms with Crippen LogP contribution in [0.1, 0.15) is 5.56 Å². The fourth-order valence-corrected chi connectivity index (χ4v) is 4.38. The molecule has 116 valence electrons. The van der Waals surface area contributed by atoms with Crippen molar-refractivity contribution in [2.75, 3.05) is 0 Å². The van der Waals surface area contributed by atoms with Gasteiger partial charge >= 0.3 is 29.6 Å². The molecular formula is C19H16NaO3P. The number of hydrogen-bond donors (Lipinski definition) is 1. The molecule has 0 heterocycles. The largest absolute Gasteiger partial charge is 1.00 e. The molecule has 0 aliphatic heterocycles. The van der Waals surface area contributed by atoms with Gasteiger partial charge in [0.2, 0.25) is 7.37 Å². The van der Waals surface area contributed by atoms with Crippen LogP contribution in [0.2, 0.25) is 0 Å². The van der Waals surface area contributed by atoms with Crippen LogP contribution >= 0.6 is 7.37 Å². The minimum Gasteiger partial charge on any atom is -0.872 e. The molecular weight excluding hydrogens is 330 g/mol. The van der Waals surface area contributed by atoms with E-state index in [2.05, 4.69) is 0 Å². The molecule has 3 rings (SSSR count). The van der Waals surface area contributed by atoms with Gasteiger partial charge in [-0.25, -0.2) is 0 Å². The fourth-order valence-electron chi connectivity index (χ4n) is 2.61. The summed E-state index contributed by atoms with van der Waals surface area (Å²) in [5.74, 6) is -0.153. The summed E-state index contributed by atoms with van der Waals surface area (Å²) in [6, 6.07) is 22.6. The Labute approximate surface area is 163 Å². The summed E-state index contributed by atoms with van der Waals surface area (Å²) >= 11 is 0. The van der Waals surface area contributed by atoms with Gasteiger partial charge in [-0.15, -0.1) is 5.75 Å². The van der Waals surface area contributed by atoms with Crippen molar-refractivity contribution in [3.63, 3.8) is 0 Å². The maximum atomic E-state index is 12.9. The van der Waals surface area contributed by atoms with Gasteiger partial charge in [0, 0.05) is 5.30 Å². The zero-order chi connectivity index (χ0) is 16.3. The number of para-hydroxylation sites is 1.